The SMILES string of the molecule is COCCNC(=O)Cc1ccc(NC(=O)C(C)Oc2ccccc2)cc1. The summed E-state index contributed by atoms with van der Waals surface area (Å²) in [4.78, 5) is 24.0. The van der Waals surface area contributed by atoms with Gasteiger partial charge in [-0.15, -0.1) is 0 Å². The Morgan fingerprint density at radius 1 is 1.04 bits per heavy atom. The first-order chi connectivity index (χ1) is 12.6. The van der Waals surface area contributed by atoms with Crippen LogP contribution in [0.2, 0.25) is 0 Å². The fourth-order valence-electron chi connectivity index (χ4n) is 2.25. The molecule has 138 valence electrons. The smallest absolute Gasteiger partial charge is 0.265 e. The van der Waals surface area contributed by atoms with Crippen LogP contribution in [-0.4, -0.2) is 38.2 Å². The molecule has 26 heavy (non-hydrogen) atoms. The molecule has 6 nitrogen and oxygen atoms in total. The Labute approximate surface area is 153 Å². The van der Waals surface area contributed by atoms with Gasteiger partial charge in [0.1, 0.15) is 5.75 Å². The minimum Gasteiger partial charge on any atom is -0.481 e. The highest BCUT2D eigenvalue weighted by molar-refractivity contribution is 5.94. The number of methoxy groups -OCH3 is 1. The lowest BCUT2D eigenvalue weighted by atomic mass is 10.1. The zero-order chi connectivity index (χ0) is 18.8. The van der Waals surface area contributed by atoms with Crippen molar-refractivity contribution in [2.45, 2.75) is 19.4 Å². The van der Waals surface area contributed by atoms with Gasteiger partial charge in [0.05, 0.1) is 13.0 Å². The van der Waals surface area contributed by atoms with Crippen LogP contribution in [0.4, 0.5) is 5.69 Å². The standard InChI is InChI=1S/C20H24N2O4/c1-15(26-18-6-4-3-5-7-18)20(24)22-17-10-8-16(9-11-17)14-19(23)21-12-13-25-2/h3-11,15H,12-14H2,1-2H3,(H,21,23)(H,22,24). The second-order valence-corrected chi connectivity index (χ2v) is 5.78. The lowest BCUT2D eigenvalue weighted by Gasteiger charge is -2.15. The Kier molecular flexibility index (Phi) is 7.64. The molecule has 0 heterocycles. The van der Waals surface area contributed by atoms with Crippen LogP contribution in [-0.2, 0) is 20.7 Å². The maximum Gasteiger partial charge on any atom is 0.265 e. The van der Waals surface area contributed by atoms with Gasteiger partial charge in [-0.25, -0.2) is 0 Å². The molecule has 0 bridgehead atoms. The summed E-state index contributed by atoms with van der Waals surface area (Å²) in [7, 11) is 1.59. The number of benzene rings is 2. The third-order valence-corrected chi connectivity index (χ3v) is 3.64. The maximum absolute atomic E-state index is 12.2. The molecule has 2 aromatic rings. The van der Waals surface area contributed by atoms with Gasteiger partial charge in [-0.3, -0.25) is 9.59 Å². The molecular formula is C20H24N2O4. The van der Waals surface area contributed by atoms with E-state index in [0.717, 1.165) is 5.56 Å². The van der Waals surface area contributed by atoms with Gasteiger partial charge < -0.3 is 20.1 Å². The van der Waals surface area contributed by atoms with E-state index in [2.05, 4.69) is 10.6 Å². The van der Waals surface area contributed by atoms with Crippen molar-refractivity contribution in [1.29, 1.82) is 0 Å². The molecule has 0 aliphatic rings. The normalized spacial score (nSPS) is 11.5. The Morgan fingerprint density at radius 3 is 2.38 bits per heavy atom. The van der Waals surface area contributed by atoms with Crippen LogP contribution in [0.1, 0.15) is 12.5 Å². The molecule has 0 saturated carbocycles. The summed E-state index contributed by atoms with van der Waals surface area (Å²) in [6.45, 7) is 2.67. The molecule has 2 rings (SSSR count). The van der Waals surface area contributed by atoms with Gasteiger partial charge in [0.25, 0.3) is 5.91 Å². The minimum atomic E-state index is -0.622. The van der Waals surface area contributed by atoms with Crippen LogP contribution in [0.5, 0.6) is 5.75 Å². The van der Waals surface area contributed by atoms with E-state index in [1.807, 2.05) is 30.3 Å². The number of anilines is 1. The molecule has 0 radical (unpaired) electrons. The fraction of sp³-hybridized carbons (Fsp3) is 0.300. The predicted molar refractivity (Wildman–Crippen MR) is 100 cm³/mol. The molecule has 2 amide bonds. The molecule has 2 N–H and O–H groups in total. The third-order valence-electron chi connectivity index (χ3n) is 3.64. The fourth-order valence-corrected chi connectivity index (χ4v) is 2.25. The zero-order valence-corrected chi connectivity index (χ0v) is 15.0. The van der Waals surface area contributed by atoms with Gasteiger partial charge in [0, 0.05) is 19.3 Å². The molecule has 0 spiro atoms. The number of para-hydroxylation sites is 1. The second kappa shape index (κ2) is 10.2. The van der Waals surface area contributed by atoms with Crippen LogP contribution in [0.15, 0.2) is 54.6 Å². The summed E-state index contributed by atoms with van der Waals surface area (Å²) >= 11 is 0. The number of amides is 2. The molecule has 0 aliphatic heterocycles. The number of carbonyl (C=O) groups excluding carboxylic acids is 2. The van der Waals surface area contributed by atoms with E-state index in [9.17, 15) is 9.59 Å². The predicted octanol–water partition coefficient (Wildman–Crippen LogP) is 2.40. The average Bonchev–Trinajstić information content (AvgIpc) is 2.64. The van der Waals surface area contributed by atoms with Crippen molar-refractivity contribution in [3.63, 3.8) is 0 Å². The Hall–Kier alpha value is -2.86. The molecule has 0 saturated heterocycles. The van der Waals surface area contributed by atoms with Crippen LogP contribution in [0.3, 0.4) is 0 Å². The van der Waals surface area contributed by atoms with E-state index >= 15 is 0 Å². The van der Waals surface area contributed by atoms with Gasteiger partial charge in [-0.2, -0.15) is 0 Å². The summed E-state index contributed by atoms with van der Waals surface area (Å²) < 4.78 is 10.5. The van der Waals surface area contributed by atoms with Crippen molar-refractivity contribution >= 4 is 17.5 Å². The van der Waals surface area contributed by atoms with E-state index in [1.54, 1.807) is 38.3 Å². The number of hydrogen-bond donors (Lipinski definition) is 2. The van der Waals surface area contributed by atoms with Crippen LogP contribution >= 0.6 is 0 Å². The van der Waals surface area contributed by atoms with Crippen LogP contribution in [0.25, 0.3) is 0 Å². The highest BCUT2D eigenvalue weighted by Gasteiger charge is 2.14. The van der Waals surface area contributed by atoms with E-state index in [1.165, 1.54) is 0 Å². The average molecular weight is 356 g/mol. The summed E-state index contributed by atoms with van der Waals surface area (Å²) in [6, 6.07) is 16.4. The lowest BCUT2D eigenvalue weighted by Crippen LogP contribution is -2.30. The van der Waals surface area contributed by atoms with Crippen molar-refractivity contribution in [1.82, 2.24) is 5.32 Å². The monoisotopic (exact) mass is 356 g/mol. The van der Waals surface area contributed by atoms with Crippen LogP contribution in [0, 0.1) is 0 Å². The van der Waals surface area contributed by atoms with Gasteiger partial charge in [0.15, 0.2) is 6.10 Å². The highest BCUT2D eigenvalue weighted by Crippen LogP contribution is 2.14. The van der Waals surface area contributed by atoms with E-state index in [-0.39, 0.29) is 18.2 Å². The third kappa shape index (κ3) is 6.57. The van der Waals surface area contributed by atoms with Crippen molar-refractivity contribution in [2.24, 2.45) is 0 Å². The van der Waals surface area contributed by atoms with Crippen molar-refractivity contribution in [3.8, 4) is 5.75 Å². The largest absolute Gasteiger partial charge is 0.481 e. The Balaban J connectivity index is 1.82. The van der Waals surface area contributed by atoms with E-state index in [4.69, 9.17) is 9.47 Å². The second-order valence-electron chi connectivity index (χ2n) is 5.78. The van der Waals surface area contributed by atoms with Crippen molar-refractivity contribution in [3.05, 3.63) is 60.2 Å². The molecule has 2 aromatic carbocycles. The highest BCUT2D eigenvalue weighted by atomic mass is 16.5. The molecule has 1 unspecified atom stereocenters. The van der Waals surface area contributed by atoms with Crippen LogP contribution < -0.4 is 15.4 Å². The Morgan fingerprint density at radius 2 is 1.73 bits per heavy atom. The summed E-state index contributed by atoms with van der Waals surface area (Å²) in [5.41, 5.74) is 1.52. The summed E-state index contributed by atoms with van der Waals surface area (Å²) in [5, 5.41) is 5.57. The minimum absolute atomic E-state index is 0.0660. The number of ether oxygens (including phenoxy) is 2. The van der Waals surface area contributed by atoms with Gasteiger partial charge in [-0.05, 0) is 36.8 Å². The molecular weight excluding hydrogens is 332 g/mol. The zero-order valence-electron chi connectivity index (χ0n) is 15.0. The maximum atomic E-state index is 12.2. The molecule has 1 atom stereocenters. The van der Waals surface area contributed by atoms with E-state index < -0.39 is 6.10 Å². The summed E-state index contributed by atoms with van der Waals surface area (Å²) in [6.07, 6.45) is -0.338. The first-order valence-corrected chi connectivity index (χ1v) is 8.45. The van der Waals surface area contributed by atoms with Gasteiger partial charge in [0.2, 0.25) is 5.91 Å². The number of nitrogens with one attached hydrogen (secondary N) is 2. The number of carbonyl (C=O) groups is 2. The Bertz CT molecular complexity index is 702. The number of rotatable bonds is 9. The molecule has 6 heteroatoms. The molecule has 0 aliphatic carbocycles. The first-order valence-electron chi connectivity index (χ1n) is 8.45. The van der Waals surface area contributed by atoms with Gasteiger partial charge >= 0.3 is 0 Å². The van der Waals surface area contributed by atoms with Gasteiger partial charge in [-0.1, -0.05) is 30.3 Å². The van der Waals surface area contributed by atoms with Crippen molar-refractivity contribution < 1.29 is 19.1 Å². The first kappa shape index (κ1) is 19.5. The quantitative estimate of drug-likeness (QED) is 0.677. The van der Waals surface area contributed by atoms with Crippen molar-refractivity contribution in [2.75, 3.05) is 25.6 Å². The van der Waals surface area contributed by atoms with E-state index in [0.29, 0.717) is 24.6 Å². The molecule has 0 aromatic heterocycles. The lowest BCUT2D eigenvalue weighted by molar-refractivity contribution is -0.122. The number of hydrogen-bond acceptors (Lipinski definition) is 4. The summed E-state index contributed by atoms with van der Waals surface area (Å²) in [5.74, 6) is 0.340. The molecule has 0 fully saturated rings. The topological polar surface area (TPSA) is 76.7 Å².